The van der Waals surface area contributed by atoms with E-state index in [4.69, 9.17) is 10.6 Å². The smallest absolute Gasteiger partial charge is 0.127 e. The Balaban J connectivity index is 2.15. The third-order valence-electron chi connectivity index (χ3n) is 3.88. The second kappa shape index (κ2) is 5.65. The van der Waals surface area contributed by atoms with Crippen molar-refractivity contribution in [1.82, 2.24) is 5.43 Å². The van der Waals surface area contributed by atoms with E-state index < -0.39 is 0 Å². The van der Waals surface area contributed by atoms with Gasteiger partial charge in [-0.05, 0) is 43.4 Å². The van der Waals surface area contributed by atoms with Crippen LogP contribution in [0.15, 0.2) is 22.7 Å². The van der Waals surface area contributed by atoms with Crippen molar-refractivity contribution in [3.8, 4) is 0 Å². The number of nitrogens with two attached hydrogens (primary N) is 1. The molecule has 1 aliphatic rings. The lowest BCUT2D eigenvalue weighted by atomic mass is 9.73. The zero-order valence-electron chi connectivity index (χ0n) is 10.4. The van der Waals surface area contributed by atoms with Crippen molar-refractivity contribution in [2.75, 3.05) is 7.11 Å². The molecule has 0 heterocycles. The molecule has 1 aromatic carbocycles. The molecule has 1 aromatic rings. The van der Waals surface area contributed by atoms with Gasteiger partial charge in [-0.1, -0.05) is 22.0 Å². The van der Waals surface area contributed by atoms with Crippen LogP contribution in [0.1, 0.15) is 24.8 Å². The molecule has 3 N–H and O–H groups in total. The van der Waals surface area contributed by atoms with E-state index in [2.05, 4.69) is 21.4 Å². The van der Waals surface area contributed by atoms with Gasteiger partial charge in [-0.3, -0.25) is 11.3 Å². The summed E-state index contributed by atoms with van der Waals surface area (Å²) < 4.78 is 20.2. The zero-order chi connectivity index (χ0) is 13.2. The van der Waals surface area contributed by atoms with Crippen LogP contribution in [0.2, 0.25) is 0 Å². The van der Waals surface area contributed by atoms with Crippen LogP contribution in [-0.2, 0) is 11.2 Å². The fourth-order valence-corrected chi connectivity index (χ4v) is 2.86. The first-order chi connectivity index (χ1) is 8.61. The molecule has 1 unspecified atom stereocenters. The van der Waals surface area contributed by atoms with Crippen LogP contribution in [0.3, 0.4) is 0 Å². The lowest BCUT2D eigenvalue weighted by Gasteiger charge is -2.46. The third-order valence-corrected chi connectivity index (χ3v) is 4.38. The number of hydrogen-bond acceptors (Lipinski definition) is 3. The van der Waals surface area contributed by atoms with Gasteiger partial charge in [-0.2, -0.15) is 0 Å². The summed E-state index contributed by atoms with van der Waals surface area (Å²) >= 11 is 3.25. The average Bonchev–Trinajstić information content (AvgIpc) is 2.29. The Kier molecular flexibility index (Phi) is 4.37. The lowest BCUT2D eigenvalue weighted by Crippen LogP contribution is -2.59. The normalized spacial score (nSPS) is 19.3. The first kappa shape index (κ1) is 13.9. The maximum atomic E-state index is 13.8. The van der Waals surface area contributed by atoms with Gasteiger partial charge in [0.2, 0.25) is 0 Å². The first-order valence-electron chi connectivity index (χ1n) is 6.06. The van der Waals surface area contributed by atoms with Crippen molar-refractivity contribution in [3.05, 3.63) is 34.1 Å². The maximum Gasteiger partial charge on any atom is 0.127 e. The van der Waals surface area contributed by atoms with Gasteiger partial charge in [0.1, 0.15) is 5.82 Å². The highest BCUT2D eigenvalue weighted by atomic mass is 79.9. The predicted octanol–water partition coefficient (Wildman–Crippen LogP) is 2.53. The van der Waals surface area contributed by atoms with Gasteiger partial charge in [0.05, 0.1) is 11.6 Å². The topological polar surface area (TPSA) is 47.3 Å². The standard InChI is InChI=1S/C13H18BrFN2O/c1-18-13(5-2-6-13)12(17-16)7-9-3-4-10(14)8-11(9)15/h3-4,8,12,17H,2,5-7,16H2,1H3. The minimum absolute atomic E-state index is 0.0630. The molecule has 100 valence electrons. The fraction of sp³-hybridized carbons (Fsp3) is 0.538. The molecule has 0 radical (unpaired) electrons. The van der Waals surface area contributed by atoms with Crippen molar-refractivity contribution < 1.29 is 9.13 Å². The molecule has 2 rings (SSSR count). The number of benzene rings is 1. The van der Waals surface area contributed by atoms with Gasteiger partial charge >= 0.3 is 0 Å². The van der Waals surface area contributed by atoms with Crippen LogP contribution >= 0.6 is 15.9 Å². The molecule has 0 saturated heterocycles. The van der Waals surface area contributed by atoms with Gasteiger partial charge in [-0.15, -0.1) is 0 Å². The molecular weight excluding hydrogens is 299 g/mol. The van der Waals surface area contributed by atoms with Crippen LogP contribution in [0.4, 0.5) is 4.39 Å². The summed E-state index contributed by atoms with van der Waals surface area (Å²) in [5.41, 5.74) is 3.20. The Morgan fingerprint density at radius 3 is 2.72 bits per heavy atom. The second-order valence-corrected chi connectivity index (χ2v) is 5.70. The summed E-state index contributed by atoms with van der Waals surface area (Å²) in [7, 11) is 1.70. The number of ether oxygens (including phenoxy) is 1. The van der Waals surface area contributed by atoms with Gasteiger partial charge in [-0.25, -0.2) is 4.39 Å². The number of hydrogen-bond donors (Lipinski definition) is 2. The highest BCUT2D eigenvalue weighted by Crippen LogP contribution is 2.39. The van der Waals surface area contributed by atoms with E-state index in [0.29, 0.717) is 12.0 Å². The SMILES string of the molecule is COC1(C(Cc2ccc(Br)cc2F)NN)CCC1. The zero-order valence-corrected chi connectivity index (χ0v) is 12.0. The van der Waals surface area contributed by atoms with Crippen molar-refractivity contribution in [2.24, 2.45) is 5.84 Å². The molecule has 5 heteroatoms. The van der Waals surface area contributed by atoms with E-state index in [0.717, 1.165) is 23.7 Å². The van der Waals surface area contributed by atoms with E-state index in [1.54, 1.807) is 13.2 Å². The van der Waals surface area contributed by atoms with Crippen LogP contribution in [0.5, 0.6) is 0 Å². The third kappa shape index (κ3) is 2.59. The highest BCUT2D eigenvalue weighted by molar-refractivity contribution is 9.10. The molecule has 18 heavy (non-hydrogen) atoms. The van der Waals surface area contributed by atoms with Gasteiger partial charge in [0.15, 0.2) is 0 Å². The molecule has 1 saturated carbocycles. The van der Waals surface area contributed by atoms with E-state index in [1.807, 2.05) is 6.07 Å². The van der Waals surface area contributed by atoms with Gasteiger partial charge in [0, 0.05) is 11.6 Å². The molecule has 0 aromatic heterocycles. The first-order valence-corrected chi connectivity index (χ1v) is 6.86. The molecule has 0 aliphatic heterocycles. The number of methoxy groups -OCH3 is 1. The van der Waals surface area contributed by atoms with Crippen LogP contribution in [0.25, 0.3) is 0 Å². The largest absolute Gasteiger partial charge is 0.377 e. The summed E-state index contributed by atoms with van der Waals surface area (Å²) in [6.07, 6.45) is 3.60. The molecule has 0 amide bonds. The minimum Gasteiger partial charge on any atom is -0.377 e. The lowest BCUT2D eigenvalue weighted by molar-refractivity contribution is -0.0983. The number of nitrogens with one attached hydrogen (secondary N) is 1. The van der Waals surface area contributed by atoms with Gasteiger partial charge in [0.25, 0.3) is 0 Å². The summed E-state index contributed by atoms with van der Waals surface area (Å²) in [4.78, 5) is 0. The van der Waals surface area contributed by atoms with Crippen LogP contribution < -0.4 is 11.3 Å². The van der Waals surface area contributed by atoms with Crippen LogP contribution in [0, 0.1) is 5.82 Å². The Hall–Kier alpha value is -0.490. The van der Waals surface area contributed by atoms with E-state index >= 15 is 0 Å². The molecule has 0 bridgehead atoms. The average molecular weight is 317 g/mol. The van der Waals surface area contributed by atoms with Crippen molar-refractivity contribution in [2.45, 2.75) is 37.3 Å². The summed E-state index contributed by atoms with van der Waals surface area (Å²) in [6.45, 7) is 0. The number of halogens is 2. The maximum absolute atomic E-state index is 13.8. The number of hydrazine groups is 1. The van der Waals surface area contributed by atoms with E-state index in [-0.39, 0.29) is 17.5 Å². The minimum atomic E-state index is -0.242. The summed E-state index contributed by atoms with van der Waals surface area (Å²) in [6, 6.07) is 5.04. The second-order valence-electron chi connectivity index (χ2n) is 4.78. The Labute approximate surface area is 115 Å². The molecule has 1 atom stereocenters. The molecule has 3 nitrogen and oxygen atoms in total. The molecule has 1 aliphatic carbocycles. The fourth-order valence-electron chi connectivity index (χ4n) is 2.52. The van der Waals surface area contributed by atoms with Gasteiger partial charge < -0.3 is 4.74 Å². The summed E-state index contributed by atoms with van der Waals surface area (Å²) in [5.74, 6) is 5.40. The number of rotatable bonds is 5. The van der Waals surface area contributed by atoms with E-state index in [1.165, 1.54) is 6.07 Å². The molecular formula is C13H18BrFN2O. The van der Waals surface area contributed by atoms with E-state index in [9.17, 15) is 4.39 Å². The quantitative estimate of drug-likeness (QED) is 0.648. The van der Waals surface area contributed by atoms with Crippen molar-refractivity contribution in [1.29, 1.82) is 0 Å². The molecule has 1 fully saturated rings. The Morgan fingerprint density at radius 2 is 2.28 bits per heavy atom. The van der Waals surface area contributed by atoms with Crippen molar-refractivity contribution in [3.63, 3.8) is 0 Å². The Bertz CT molecular complexity index is 418. The van der Waals surface area contributed by atoms with Crippen LogP contribution in [-0.4, -0.2) is 18.8 Å². The predicted molar refractivity (Wildman–Crippen MR) is 72.5 cm³/mol. The Morgan fingerprint density at radius 1 is 1.56 bits per heavy atom. The molecule has 0 spiro atoms. The van der Waals surface area contributed by atoms with Crippen molar-refractivity contribution >= 4 is 15.9 Å². The monoisotopic (exact) mass is 316 g/mol. The highest BCUT2D eigenvalue weighted by Gasteiger charge is 2.44. The summed E-state index contributed by atoms with van der Waals surface area (Å²) in [5, 5.41) is 0.